The van der Waals surface area contributed by atoms with Gasteiger partial charge in [0, 0.05) is 29.0 Å². The second-order valence-corrected chi connectivity index (χ2v) is 6.46. The molecule has 18 heavy (non-hydrogen) atoms. The third-order valence-corrected chi connectivity index (χ3v) is 3.66. The molecule has 4 heteroatoms. The Labute approximate surface area is 113 Å². The molecule has 0 saturated carbocycles. The van der Waals surface area contributed by atoms with Crippen LogP contribution in [0, 0.1) is 12.3 Å². The van der Waals surface area contributed by atoms with Crippen LogP contribution in [0.15, 0.2) is 18.2 Å². The highest BCUT2D eigenvalue weighted by Gasteiger charge is 2.17. The maximum Gasteiger partial charge on any atom is 0.244 e. The Morgan fingerprint density at radius 1 is 1.50 bits per heavy atom. The minimum atomic E-state index is -0.0907. The maximum absolute atomic E-state index is 11.6. The molecule has 0 aromatic carbocycles. The van der Waals surface area contributed by atoms with Gasteiger partial charge in [-0.15, -0.1) is 11.3 Å². The number of thiophene rings is 1. The number of aliphatic hydroxyl groups is 1. The third-order valence-electron chi connectivity index (χ3n) is 2.69. The average molecular weight is 267 g/mol. The van der Waals surface area contributed by atoms with Crippen LogP contribution in [0.1, 0.15) is 30.0 Å². The molecule has 1 amide bonds. The molecule has 0 fully saturated rings. The number of hydrogen-bond acceptors (Lipinski definition) is 3. The molecule has 1 heterocycles. The van der Waals surface area contributed by atoms with E-state index in [0.29, 0.717) is 13.0 Å². The quantitative estimate of drug-likeness (QED) is 0.778. The first-order valence-corrected chi connectivity index (χ1v) is 6.88. The van der Waals surface area contributed by atoms with Crippen molar-refractivity contribution in [3.63, 3.8) is 0 Å². The maximum atomic E-state index is 11.6. The smallest absolute Gasteiger partial charge is 0.244 e. The number of aliphatic hydroxyl groups excluding tert-OH is 1. The Bertz CT molecular complexity index is 421. The lowest BCUT2D eigenvalue weighted by Crippen LogP contribution is -2.33. The first kappa shape index (κ1) is 14.9. The zero-order valence-corrected chi connectivity index (χ0v) is 12.0. The van der Waals surface area contributed by atoms with Crippen molar-refractivity contribution in [2.45, 2.75) is 27.2 Å². The zero-order chi connectivity index (χ0) is 13.6. The van der Waals surface area contributed by atoms with E-state index in [1.165, 1.54) is 4.88 Å². The highest BCUT2D eigenvalue weighted by Crippen LogP contribution is 2.18. The van der Waals surface area contributed by atoms with Crippen LogP contribution in [0.3, 0.4) is 0 Å². The lowest BCUT2D eigenvalue weighted by molar-refractivity contribution is -0.116. The predicted molar refractivity (Wildman–Crippen MR) is 76.6 cm³/mol. The molecule has 1 aromatic rings. The molecule has 1 aromatic heterocycles. The Kier molecular flexibility index (Phi) is 5.56. The van der Waals surface area contributed by atoms with Crippen molar-refractivity contribution in [1.29, 1.82) is 0 Å². The molecule has 100 valence electrons. The summed E-state index contributed by atoms with van der Waals surface area (Å²) in [5, 5.41) is 11.7. The number of hydrogen-bond donors (Lipinski definition) is 2. The number of aryl methyl sites for hydroxylation is 1. The van der Waals surface area contributed by atoms with Crippen LogP contribution in [0.2, 0.25) is 0 Å². The predicted octanol–water partition coefficient (Wildman–Crippen LogP) is 2.59. The first-order chi connectivity index (χ1) is 8.43. The number of carbonyl (C=O) groups is 1. The van der Waals surface area contributed by atoms with Gasteiger partial charge in [0.15, 0.2) is 0 Å². The summed E-state index contributed by atoms with van der Waals surface area (Å²) in [4.78, 5) is 13.9. The number of carbonyl (C=O) groups excluding carboxylic acids is 1. The molecule has 0 unspecified atom stereocenters. The highest BCUT2D eigenvalue weighted by atomic mass is 32.1. The molecule has 0 bridgehead atoms. The van der Waals surface area contributed by atoms with E-state index in [1.54, 1.807) is 17.4 Å². The van der Waals surface area contributed by atoms with Crippen LogP contribution in [0.5, 0.6) is 0 Å². The Morgan fingerprint density at radius 3 is 2.78 bits per heavy atom. The lowest BCUT2D eigenvalue weighted by Gasteiger charge is -2.23. The van der Waals surface area contributed by atoms with Crippen molar-refractivity contribution in [2.24, 2.45) is 5.41 Å². The fourth-order valence-electron chi connectivity index (χ4n) is 1.48. The van der Waals surface area contributed by atoms with Crippen LogP contribution in [-0.2, 0) is 4.79 Å². The van der Waals surface area contributed by atoms with E-state index in [2.05, 4.69) is 5.32 Å². The summed E-state index contributed by atoms with van der Waals surface area (Å²) < 4.78 is 0. The number of amides is 1. The van der Waals surface area contributed by atoms with Gasteiger partial charge < -0.3 is 10.4 Å². The van der Waals surface area contributed by atoms with Gasteiger partial charge in [-0.3, -0.25) is 4.79 Å². The van der Waals surface area contributed by atoms with Gasteiger partial charge in [0.1, 0.15) is 0 Å². The molecule has 1 rings (SSSR count). The molecule has 0 radical (unpaired) electrons. The minimum Gasteiger partial charge on any atom is -0.396 e. The van der Waals surface area contributed by atoms with Crippen molar-refractivity contribution in [3.8, 4) is 0 Å². The van der Waals surface area contributed by atoms with Crippen LogP contribution in [0.25, 0.3) is 6.08 Å². The Balaban J connectivity index is 2.40. The molecule has 0 atom stereocenters. The molecular weight excluding hydrogens is 246 g/mol. The Hall–Kier alpha value is -1.13. The average Bonchev–Trinajstić information content (AvgIpc) is 2.70. The molecule has 0 aliphatic rings. The van der Waals surface area contributed by atoms with E-state index in [-0.39, 0.29) is 17.9 Å². The second-order valence-electron chi connectivity index (χ2n) is 5.14. The van der Waals surface area contributed by atoms with E-state index in [4.69, 9.17) is 5.11 Å². The summed E-state index contributed by atoms with van der Waals surface area (Å²) in [7, 11) is 0. The SMILES string of the molecule is Cc1ccc(/C=C/C(=O)NCC(C)(C)CCO)s1. The van der Waals surface area contributed by atoms with E-state index in [9.17, 15) is 4.79 Å². The van der Waals surface area contributed by atoms with Crippen molar-refractivity contribution < 1.29 is 9.90 Å². The summed E-state index contributed by atoms with van der Waals surface area (Å²) in [5.74, 6) is -0.0907. The molecular formula is C14H21NO2S. The van der Waals surface area contributed by atoms with Gasteiger partial charge in [-0.2, -0.15) is 0 Å². The fourth-order valence-corrected chi connectivity index (χ4v) is 2.26. The second kappa shape index (κ2) is 6.71. The topological polar surface area (TPSA) is 49.3 Å². The first-order valence-electron chi connectivity index (χ1n) is 6.06. The van der Waals surface area contributed by atoms with Gasteiger partial charge >= 0.3 is 0 Å². The highest BCUT2D eigenvalue weighted by molar-refractivity contribution is 7.12. The largest absolute Gasteiger partial charge is 0.396 e. The van der Waals surface area contributed by atoms with Crippen LogP contribution < -0.4 is 5.32 Å². The lowest BCUT2D eigenvalue weighted by atomic mass is 9.90. The summed E-state index contributed by atoms with van der Waals surface area (Å²) in [6, 6.07) is 4.03. The molecule has 0 spiro atoms. The third kappa shape index (κ3) is 5.47. The van der Waals surface area contributed by atoms with Gasteiger partial charge in [0.2, 0.25) is 5.91 Å². The van der Waals surface area contributed by atoms with Gasteiger partial charge in [0.25, 0.3) is 0 Å². The number of rotatable bonds is 6. The molecule has 2 N–H and O–H groups in total. The Morgan fingerprint density at radius 2 is 2.22 bits per heavy atom. The van der Waals surface area contributed by atoms with Gasteiger partial charge in [0.05, 0.1) is 0 Å². The fraction of sp³-hybridized carbons (Fsp3) is 0.500. The van der Waals surface area contributed by atoms with Gasteiger partial charge in [-0.05, 0) is 37.0 Å². The molecule has 0 aliphatic carbocycles. The molecule has 0 saturated heterocycles. The molecule has 0 aliphatic heterocycles. The van der Waals surface area contributed by atoms with Crippen molar-refractivity contribution in [3.05, 3.63) is 28.0 Å². The van der Waals surface area contributed by atoms with Crippen LogP contribution in [-0.4, -0.2) is 24.2 Å². The minimum absolute atomic E-state index is 0.0717. The van der Waals surface area contributed by atoms with E-state index < -0.39 is 0 Å². The summed E-state index contributed by atoms with van der Waals surface area (Å²) in [5.41, 5.74) is -0.0717. The van der Waals surface area contributed by atoms with Crippen LogP contribution in [0.4, 0.5) is 0 Å². The molecule has 3 nitrogen and oxygen atoms in total. The van der Waals surface area contributed by atoms with Crippen molar-refractivity contribution in [2.75, 3.05) is 13.2 Å². The standard InChI is InChI=1S/C14H21NO2S/c1-11-4-5-12(18-11)6-7-13(17)15-10-14(2,3)8-9-16/h4-7,16H,8-10H2,1-3H3,(H,15,17)/b7-6+. The van der Waals surface area contributed by atoms with E-state index in [1.807, 2.05) is 39.0 Å². The number of nitrogens with one attached hydrogen (secondary N) is 1. The van der Waals surface area contributed by atoms with Crippen LogP contribution >= 0.6 is 11.3 Å². The van der Waals surface area contributed by atoms with Gasteiger partial charge in [-0.1, -0.05) is 13.8 Å². The zero-order valence-electron chi connectivity index (χ0n) is 11.2. The van der Waals surface area contributed by atoms with Crippen molar-refractivity contribution >= 4 is 23.3 Å². The summed E-state index contributed by atoms with van der Waals surface area (Å²) in [6.45, 7) is 6.80. The van der Waals surface area contributed by atoms with E-state index in [0.717, 1.165) is 4.88 Å². The summed E-state index contributed by atoms with van der Waals surface area (Å²) >= 11 is 1.66. The monoisotopic (exact) mass is 267 g/mol. The van der Waals surface area contributed by atoms with Gasteiger partial charge in [-0.25, -0.2) is 0 Å². The normalized spacial score (nSPS) is 12.0. The van der Waals surface area contributed by atoms with E-state index >= 15 is 0 Å². The summed E-state index contributed by atoms with van der Waals surface area (Å²) in [6.07, 6.45) is 4.06. The van der Waals surface area contributed by atoms with Crippen molar-refractivity contribution in [1.82, 2.24) is 5.32 Å².